The first-order chi connectivity index (χ1) is 15.1. The van der Waals surface area contributed by atoms with Crippen molar-refractivity contribution < 1.29 is 10.2 Å². The van der Waals surface area contributed by atoms with Crippen LogP contribution in [0.3, 0.4) is 0 Å². The van der Waals surface area contributed by atoms with Gasteiger partial charge in [-0.3, -0.25) is 9.59 Å². The van der Waals surface area contributed by atoms with Crippen LogP contribution in [0.5, 0.6) is 11.5 Å². The Labute approximate surface area is 176 Å². The van der Waals surface area contributed by atoms with E-state index in [2.05, 4.69) is 9.97 Å². The average molecular weight is 410 g/mol. The Balaban J connectivity index is 1.91. The number of pyridine rings is 2. The maximum Gasteiger partial charge on any atom is 0.256 e. The van der Waals surface area contributed by atoms with Gasteiger partial charge in [-0.15, -0.1) is 0 Å². The molecule has 5 aromatic rings. The zero-order valence-electron chi connectivity index (χ0n) is 16.3. The summed E-state index contributed by atoms with van der Waals surface area (Å²) in [6.07, 6.45) is 0. The number of para-hydroxylation sites is 2. The van der Waals surface area contributed by atoms with E-state index in [4.69, 9.17) is 0 Å². The second-order valence-electron chi connectivity index (χ2n) is 7.37. The van der Waals surface area contributed by atoms with Crippen molar-refractivity contribution in [3.05, 3.63) is 116 Å². The van der Waals surface area contributed by atoms with Gasteiger partial charge in [0.05, 0.1) is 28.1 Å². The Morgan fingerprint density at radius 1 is 0.581 bits per heavy atom. The fourth-order valence-electron chi connectivity index (χ4n) is 4.14. The van der Waals surface area contributed by atoms with Crippen molar-refractivity contribution in [2.75, 3.05) is 0 Å². The molecule has 0 bridgehead atoms. The van der Waals surface area contributed by atoms with Crippen LogP contribution in [0.25, 0.3) is 21.8 Å². The van der Waals surface area contributed by atoms with Crippen molar-refractivity contribution in [1.29, 1.82) is 0 Å². The zero-order valence-corrected chi connectivity index (χ0v) is 16.3. The lowest BCUT2D eigenvalue weighted by Gasteiger charge is -2.20. The van der Waals surface area contributed by atoms with Crippen molar-refractivity contribution in [2.24, 2.45) is 0 Å². The maximum absolute atomic E-state index is 13.1. The summed E-state index contributed by atoms with van der Waals surface area (Å²) >= 11 is 0. The number of hydrogen-bond donors (Lipinski definition) is 4. The van der Waals surface area contributed by atoms with E-state index in [0.29, 0.717) is 27.4 Å². The summed E-state index contributed by atoms with van der Waals surface area (Å²) < 4.78 is 0. The molecule has 31 heavy (non-hydrogen) atoms. The van der Waals surface area contributed by atoms with E-state index >= 15 is 0 Å². The number of hydrogen-bond acceptors (Lipinski definition) is 4. The van der Waals surface area contributed by atoms with Gasteiger partial charge in [0.2, 0.25) is 0 Å². The SMILES string of the molecule is O=c1[nH]c2ccccc2c(O)c1C(c1ccccc1)c1c(O)c2ccccc2[nH]c1=O. The number of aromatic nitrogens is 2. The third-order valence-electron chi connectivity index (χ3n) is 5.57. The largest absolute Gasteiger partial charge is 0.507 e. The molecule has 2 heterocycles. The maximum atomic E-state index is 13.1. The van der Waals surface area contributed by atoms with Crippen LogP contribution in [-0.2, 0) is 0 Å². The first-order valence-electron chi connectivity index (χ1n) is 9.79. The minimum Gasteiger partial charge on any atom is -0.507 e. The molecule has 5 rings (SSSR count). The van der Waals surface area contributed by atoms with Crippen molar-refractivity contribution in [3.8, 4) is 11.5 Å². The molecule has 0 unspecified atom stereocenters. The van der Waals surface area contributed by atoms with Gasteiger partial charge < -0.3 is 20.2 Å². The molecule has 0 saturated carbocycles. The van der Waals surface area contributed by atoms with Crippen LogP contribution in [0.2, 0.25) is 0 Å². The second-order valence-corrected chi connectivity index (χ2v) is 7.37. The smallest absolute Gasteiger partial charge is 0.256 e. The molecule has 4 N–H and O–H groups in total. The van der Waals surface area contributed by atoms with E-state index in [0.717, 1.165) is 0 Å². The molecule has 0 aliphatic rings. The molecule has 0 radical (unpaired) electrons. The number of H-pyrrole nitrogens is 2. The summed E-state index contributed by atoms with van der Waals surface area (Å²) in [7, 11) is 0. The lowest BCUT2D eigenvalue weighted by atomic mass is 9.84. The molecule has 0 saturated heterocycles. The van der Waals surface area contributed by atoms with Crippen molar-refractivity contribution in [1.82, 2.24) is 9.97 Å². The Kier molecular flexibility index (Phi) is 4.33. The highest BCUT2D eigenvalue weighted by molar-refractivity contribution is 5.88. The van der Waals surface area contributed by atoms with E-state index < -0.39 is 17.0 Å². The van der Waals surface area contributed by atoms with Crippen LogP contribution in [-0.4, -0.2) is 20.2 Å². The minimum atomic E-state index is -0.983. The van der Waals surface area contributed by atoms with Gasteiger partial charge in [0.25, 0.3) is 11.1 Å². The topological polar surface area (TPSA) is 106 Å². The summed E-state index contributed by atoms with van der Waals surface area (Å²) in [5.74, 6) is -1.43. The summed E-state index contributed by atoms with van der Waals surface area (Å²) in [6.45, 7) is 0. The van der Waals surface area contributed by atoms with Gasteiger partial charge in [-0.2, -0.15) is 0 Å². The van der Waals surface area contributed by atoms with Crippen LogP contribution in [0.1, 0.15) is 22.6 Å². The lowest BCUT2D eigenvalue weighted by Crippen LogP contribution is -2.24. The third kappa shape index (κ3) is 2.97. The Hall–Kier alpha value is -4.32. The number of aromatic amines is 2. The third-order valence-corrected chi connectivity index (χ3v) is 5.57. The highest BCUT2D eigenvalue weighted by atomic mass is 16.3. The van der Waals surface area contributed by atoms with Crippen LogP contribution in [0.15, 0.2) is 88.5 Å². The minimum absolute atomic E-state index is 0.000908. The normalized spacial score (nSPS) is 11.4. The van der Waals surface area contributed by atoms with Gasteiger partial charge in [-0.1, -0.05) is 54.6 Å². The molecule has 3 aromatic carbocycles. The number of nitrogens with one attached hydrogen (secondary N) is 2. The van der Waals surface area contributed by atoms with Gasteiger partial charge >= 0.3 is 0 Å². The van der Waals surface area contributed by atoms with Crippen LogP contribution >= 0.6 is 0 Å². The van der Waals surface area contributed by atoms with Gasteiger partial charge in [0, 0.05) is 10.8 Å². The zero-order chi connectivity index (χ0) is 21.5. The molecule has 2 aromatic heterocycles. The Morgan fingerprint density at radius 2 is 1.00 bits per heavy atom. The molecule has 6 heteroatoms. The van der Waals surface area contributed by atoms with Gasteiger partial charge in [0.1, 0.15) is 11.5 Å². The first kappa shape index (κ1) is 18.7. The summed E-state index contributed by atoms with van der Waals surface area (Å²) in [6, 6.07) is 22.7. The Bertz CT molecular complexity index is 1450. The highest BCUT2D eigenvalue weighted by Gasteiger charge is 2.30. The van der Waals surface area contributed by atoms with E-state index in [1.807, 2.05) is 6.07 Å². The van der Waals surface area contributed by atoms with Crippen LogP contribution in [0, 0.1) is 0 Å². The molecule has 0 amide bonds. The molecule has 152 valence electrons. The van der Waals surface area contributed by atoms with Crippen molar-refractivity contribution in [3.63, 3.8) is 0 Å². The molecule has 0 fully saturated rings. The van der Waals surface area contributed by atoms with Gasteiger partial charge in [-0.25, -0.2) is 0 Å². The number of benzene rings is 3. The van der Waals surface area contributed by atoms with Gasteiger partial charge in [0.15, 0.2) is 0 Å². The fraction of sp³-hybridized carbons (Fsp3) is 0.0400. The summed E-state index contributed by atoms with van der Waals surface area (Å²) in [4.78, 5) is 31.8. The van der Waals surface area contributed by atoms with Crippen LogP contribution < -0.4 is 11.1 Å². The number of rotatable bonds is 3. The van der Waals surface area contributed by atoms with Crippen molar-refractivity contribution >= 4 is 21.8 Å². The Morgan fingerprint density at radius 3 is 1.48 bits per heavy atom. The predicted octanol–water partition coefficient (Wildman–Crippen LogP) is 3.96. The monoisotopic (exact) mass is 410 g/mol. The van der Waals surface area contributed by atoms with Crippen LogP contribution in [0.4, 0.5) is 0 Å². The molecular formula is C25H18N2O4. The standard InChI is InChI=1S/C25H18N2O4/c28-22-15-10-4-6-12-17(15)26-24(30)20(22)19(14-8-2-1-3-9-14)21-23(29)16-11-5-7-13-18(16)27-25(21)31/h1-13,19H,(H2,26,28,30)(H2,27,29,31). The van der Waals surface area contributed by atoms with Gasteiger partial charge in [-0.05, 0) is 29.8 Å². The number of fused-ring (bicyclic) bond motifs is 2. The quantitative estimate of drug-likeness (QED) is 0.361. The second kappa shape index (κ2) is 7.18. The predicted molar refractivity (Wildman–Crippen MR) is 120 cm³/mol. The molecular weight excluding hydrogens is 392 g/mol. The average Bonchev–Trinajstić information content (AvgIpc) is 2.78. The molecule has 0 spiro atoms. The first-order valence-corrected chi connectivity index (χ1v) is 9.79. The summed E-state index contributed by atoms with van der Waals surface area (Å²) in [5.41, 5.74) is 0.500. The lowest BCUT2D eigenvalue weighted by molar-refractivity contribution is 0.462. The molecule has 6 nitrogen and oxygen atoms in total. The summed E-state index contributed by atoms with van der Waals surface area (Å²) in [5, 5.41) is 23.1. The molecule has 0 atom stereocenters. The van der Waals surface area contributed by atoms with E-state index in [1.165, 1.54) is 0 Å². The van der Waals surface area contributed by atoms with E-state index in [9.17, 15) is 19.8 Å². The van der Waals surface area contributed by atoms with E-state index in [-0.39, 0.29) is 22.6 Å². The molecule has 0 aliphatic carbocycles. The fourth-order valence-corrected chi connectivity index (χ4v) is 4.14. The van der Waals surface area contributed by atoms with Crippen molar-refractivity contribution in [2.45, 2.75) is 5.92 Å². The molecule has 0 aliphatic heterocycles. The highest BCUT2D eigenvalue weighted by Crippen LogP contribution is 2.40. The van der Waals surface area contributed by atoms with E-state index in [1.54, 1.807) is 72.8 Å². The number of aromatic hydroxyl groups is 2.